The van der Waals surface area contributed by atoms with Crippen LogP contribution < -0.4 is 4.90 Å². The van der Waals surface area contributed by atoms with Crippen molar-refractivity contribution in [1.82, 2.24) is 9.97 Å². The highest BCUT2D eigenvalue weighted by Crippen LogP contribution is 2.33. The maximum Gasteiger partial charge on any atom is 0.337 e. The van der Waals surface area contributed by atoms with Crippen molar-refractivity contribution in [2.24, 2.45) is 0 Å². The lowest BCUT2D eigenvalue weighted by atomic mass is 10.2. The summed E-state index contributed by atoms with van der Waals surface area (Å²) in [4.78, 5) is 22.8. The van der Waals surface area contributed by atoms with E-state index in [9.17, 15) is 4.79 Å². The molecule has 2 aromatic rings. The van der Waals surface area contributed by atoms with Gasteiger partial charge < -0.3 is 9.64 Å². The minimum absolute atomic E-state index is 0.367. The minimum Gasteiger partial charge on any atom is -0.465 e. The number of hydrogen-bond acceptors (Lipinski definition) is 5. The Balaban J connectivity index is 2.08. The summed E-state index contributed by atoms with van der Waals surface area (Å²) in [6.45, 7) is 0. The van der Waals surface area contributed by atoms with Crippen LogP contribution in [0, 0.1) is 0 Å². The lowest BCUT2D eigenvalue weighted by molar-refractivity contribution is 0.0601. The van der Waals surface area contributed by atoms with Gasteiger partial charge in [-0.05, 0) is 47.0 Å². The molecule has 0 bridgehead atoms. The van der Waals surface area contributed by atoms with Gasteiger partial charge in [-0.1, -0.05) is 0 Å². The van der Waals surface area contributed by atoms with Crippen molar-refractivity contribution in [2.45, 2.75) is 18.9 Å². The molecule has 1 aliphatic rings. The highest BCUT2D eigenvalue weighted by molar-refractivity contribution is 9.10. The standard InChI is InChI=1S/C14H14BrN3O2/c1-18(9-4-5-9)13-12(15)16-10-6-3-8(14(19)20-2)7-11(10)17-13/h3,6-7,9H,4-5H2,1-2H3. The van der Waals surface area contributed by atoms with E-state index < -0.39 is 0 Å². The first-order valence-corrected chi connectivity index (χ1v) is 7.18. The first-order chi connectivity index (χ1) is 9.60. The molecule has 6 heteroatoms. The number of fused-ring (bicyclic) bond motifs is 1. The van der Waals surface area contributed by atoms with Crippen LogP contribution in [0.1, 0.15) is 23.2 Å². The molecular formula is C14H14BrN3O2. The quantitative estimate of drug-likeness (QED) is 0.807. The number of carbonyl (C=O) groups is 1. The molecule has 1 heterocycles. The maximum atomic E-state index is 11.6. The van der Waals surface area contributed by atoms with Crippen molar-refractivity contribution < 1.29 is 9.53 Å². The van der Waals surface area contributed by atoms with Crippen molar-refractivity contribution in [3.8, 4) is 0 Å². The average Bonchev–Trinajstić information content (AvgIpc) is 3.29. The monoisotopic (exact) mass is 335 g/mol. The number of benzene rings is 1. The van der Waals surface area contributed by atoms with E-state index in [2.05, 4.69) is 30.8 Å². The molecule has 0 radical (unpaired) electrons. The summed E-state index contributed by atoms with van der Waals surface area (Å²) in [5, 5.41) is 0. The first-order valence-electron chi connectivity index (χ1n) is 6.38. The largest absolute Gasteiger partial charge is 0.465 e. The summed E-state index contributed by atoms with van der Waals surface area (Å²) in [5.41, 5.74) is 1.92. The van der Waals surface area contributed by atoms with Gasteiger partial charge in [-0.3, -0.25) is 0 Å². The van der Waals surface area contributed by atoms with E-state index >= 15 is 0 Å². The Bertz CT molecular complexity index is 685. The van der Waals surface area contributed by atoms with E-state index in [1.54, 1.807) is 18.2 Å². The van der Waals surface area contributed by atoms with Gasteiger partial charge >= 0.3 is 5.97 Å². The van der Waals surface area contributed by atoms with Crippen molar-refractivity contribution in [3.05, 3.63) is 28.4 Å². The Kier molecular flexibility index (Phi) is 3.33. The zero-order valence-corrected chi connectivity index (χ0v) is 12.8. The number of carbonyl (C=O) groups excluding carboxylic acids is 1. The van der Waals surface area contributed by atoms with Crippen LogP contribution in [0.25, 0.3) is 11.0 Å². The SMILES string of the molecule is COC(=O)c1ccc2nc(Br)c(N(C)C3CC3)nc2c1. The molecule has 1 aliphatic carbocycles. The number of hydrogen-bond donors (Lipinski definition) is 0. The number of aromatic nitrogens is 2. The molecule has 0 amide bonds. The molecule has 3 rings (SSSR count). The van der Waals surface area contributed by atoms with Gasteiger partial charge in [-0.2, -0.15) is 0 Å². The van der Waals surface area contributed by atoms with Gasteiger partial charge in [-0.15, -0.1) is 0 Å². The van der Waals surface area contributed by atoms with E-state index in [0.717, 1.165) is 15.9 Å². The van der Waals surface area contributed by atoms with Gasteiger partial charge in [0.1, 0.15) is 4.60 Å². The summed E-state index contributed by atoms with van der Waals surface area (Å²) in [6.07, 6.45) is 2.37. The molecule has 0 aliphatic heterocycles. The molecule has 0 unspecified atom stereocenters. The van der Waals surface area contributed by atoms with Gasteiger partial charge in [0.2, 0.25) is 0 Å². The normalized spacial score (nSPS) is 14.3. The smallest absolute Gasteiger partial charge is 0.337 e. The molecule has 1 aromatic heterocycles. The summed E-state index contributed by atoms with van der Waals surface area (Å²) >= 11 is 3.47. The number of halogens is 1. The third kappa shape index (κ3) is 2.35. The number of esters is 1. The molecule has 0 spiro atoms. The summed E-state index contributed by atoms with van der Waals surface area (Å²) < 4.78 is 5.46. The number of methoxy groups -OCH3 is 1. The fraction of sp³-hybridized carbons (Fsp3) is 0.357. The van der Waals surface area contributed by atoms with Crippen LogP contribution in [-0.4, -0.2) is 36.1 Å². The van der Waals surface area contributed by atoms with Crippen LogP contribution in [0.3, 0.4) is 0 Å². The molecule has 104 valence electrons. The number of rotatable bonds is 3. The first kappa shape index (κ1) is 13.3. The highest BCUT2D eigenvalue weighted by Gasteiger charge is 2.28. The second-order valence-electron chi connectivity index (χ2n) is 4.88. The zero-order valence-electron chi connectivity index (χ0n) is 11.3. The Hall–Kier alpha value is -1.69. The summed E-state index contributed by atoms with van der Waals surface area (Å²) in [6, 6.07) is 5.73. The van der Waals surface area contributed by atoms with Crippen molar-refractivity contribution in [3.63, 3.8) is 0 Å². The molecule has 1 fully saturated rings. The number of anilines is 1. The van der Waals surface area contributed by atoms with Gasteiger partial charge in [0, 0.05) is 13.1 Å². The van der Waals surface area contributed by atoms with E-state index in [-0.39, 0.29) is 5.97 Å². The van der Waals surface area contributed by atoms with E-state index in [4.69, 9.17) is 4.74 Å². The number of nitrogens with zero attached hydrogens (tertiary/aromatic N) is 3. The van der Waals surface area contributed by atoms with Crippen molar-refractivity contribution in [2.75, 3.05) is 19.1 Å². The predicted octanol–water partition coefficient (Wildman–Crippen LogP) is 2.78. The topological polar surface area (TPSA) is 55.3 Å². The second kappa shape index (κ2) is 5.01. The summed E-state index contributed by atoms with van der Waals surface area (Å²) in [7, 11) is 3.38. The van der Waals surface area contributed by atoms with Gasteiger partial charge in [0.15, 0.2) is 5.82 Å². The van der Waals surface area contributed by atoms with Crippen LogP contribution in [0.4, 0.5) is 5.82 Å². The highest BCUT2D eigenvalue weighted by atomic mass is 79.9. The van der Waals surface area contributed by atoms with E-state index in [0.29, 0.717) is 17.1 Å². The molecule has 20 heavy (non-hydrogen) atoms. The van der Waals surface area contributed by atoms with Crippen LogP contribution in [0.5, 0.6) is 0 Å². The molecular weight excluding hydrogens is 322 g/mol. The average molecular weight is 336 g/mol. The molecule has 0 atom stereocenters. The van der Waals surface area contributed by atoms with E-state index in [1.807, 2.05) is 7.05 Å². The molecule has 1 saturated carbocycles. The van der Waals surface area contributed by atoms with Gasteiger partial charge in [0.05, 0.1) is 23.7 Å². The lowest BCUT2D eigenvalue weighted by Gasteiger charge is -2.18. The van der Waals surface area contributed by atoms with Crippen molar-refractivity contribution in [1.29, 1.82) is 0 Å². The van der Waals surface area contributed by atoms with Gasteiger partial charge in [0.25, 0.3) is 0 Å². The third-order valence-electron chi connectivity index (χ3n) is 3.45. The fourth-order valence-corrected chi connectivity index (χ4v) is 2.69. The van der Waals surface area contributed by atoms with Gasteiger partial charge in [-0.25, -0.2) is 14.8 Å². The van der Waals surface area contributed by atoms with Crippen LogP contribution in [0.15, 0.2) is 22.8 Å². The second-order valence-corrected chi connectivity index (χ2v) is 5.63. The third-order valence-corrected chi connectivity index (χ3v) is 3.99. The molecule has 0 saturated heterocycles. The van der Waals surface area contributed by atoms with Crippen LogP contribution in [-0.2, 0) is 4.74 Å². The molecule has 1 aromatic carbocycles. The van der Waals surface area contributed by atoms with Crippen LogP contribution >= 0.6 is 15.9 Å². The van der Waals surface area contributed by atoms with E-state index in [1.165, 1.54) is 20.0 Å². The number of ether oxygens (including phenoxy) is 1. The Morgan fingerprint density at radius 2 is 2.10 bits per heavy atom. The minimum atomic E-state index is -0.367. The summed E-state index contributed by atoms with van der Waals surface area (Å²) in [5.74, 6) is 0.440. The fourth-order valence-electron chi connectivity index (χ4n) is 2.13. The predicted molar refractivity (Wildman–Crippen MR) is 80.0 cm³/mol. The Morgan fingerprint density at radius 1 is 1.35 bits per heavy atom. The Labute approximate surface area is 125 Å². The maximum absolute atomic E-state index is 11.6. The molecule has 0 N–H and O–H groups in total. The van der Waals surface area contributed by atoms with Crippen LogP contribution in [0.2, 0.25) is 0 Å². The Morgan fingerprint density at radius 3 is 2.75 bits per heavy atom. The lowest BCUT2D eigenvalue weighted by Crippen LogP contribution is -2.21. The van der Waals surface area contributed by atoms with Crippen molar-refractivity contribution >= 4 is 38.8 Å². The molecule has 5 nitrogen and oxygen atoms in total. The zero-order chi connectivity index (χ0) is 14.3.